The fraction of sp³-hybridized carbons (Fsp3) is 0.273. The number of fused-ring (bicyclic) bond motifs is 3. The van der Waals surface area contributed by atoms with Crippen molar-refractivity contribution in [2.75, 3.05) is 14.1 Å². The molecule has 0 aliphatic carbocycles. The van der Waals surface area contributed by atoms with Crippen LogP contribution >= 0.6 is 0 Å². The van der Waals surface area contributed by atoms with Crippen LogP contribution in [0, 0.1) is 0 Å². The van der Waals surface area contributed by atoms with E-state index in [1.165, 1.54) is 5.56 Å². The second kappa shape index (κ2) is 6.67. The largest absolute Gasteiger partial charge is 0.308 e. The molecule has 0 bridgehead atoms. The second-order valence-electron chi connectivity index (χ2n) is 7.20. The van der Waals surface area contributed by atoms with E-state index in [0.29, 0.717) is 18.0 Å². The summed E-state index contributed by atoms with van der Waals surface area (Å²) in [5.41, 5.74) is 5.28. The molecular formula is C22H24N4O. The number of hydrogen-bond acceptors (Lipinski definition) is 3. The molecule has 27 heavy (non-hydrogen) atoms. The van der Waals surface area contributed by atoms with Crippen molar-refractivity contribution in [1.82, 2.24) is 19.7 Å². The Hall–Kier alpha value is -2.92. The number of aromatic amines is 1. The molecule has 2 aromatic carbocycles. The van der Waals surface area contributed by atoms with Crippen LogP contribution in [0.25, 0.3) is 32.9 Å². The fourth-order valence-electron chi connectivity index (χ4n) is 3.62. The minimum Gasteiger partial charge on any atom is -0.308 e. The molecule has 0 saturated heterocycles. The first-order valence-corrected chi connectivity index (χ1v) is 9.27. The van der Waals surface area contributed by atoms with Gasteiger partial charge < -0.3 is 9.47 Å². The number of rotatable bonds is 4. The summed E-state index contributed by atoms with van der Waals surface area (Å²) in [6, 6.07) is 15.3. The van der Waals surface area contributed by atoms with Crippen LogP contribution in [0.5, 0.6) is 0 Å². The van der Waals surface area contributed by atoms with Gasteiger partial charge in [0, 0.05) is 18.0 Å². The lowest BCUT2D eigenvalue weighted by molar-refractivity contribution is 0.321. The maximum atomic E-state index is 12.8. The summed E-state index contributed by atoms with van der Waals surface area (Å²) < 4.78 is 1.82. The number of aryl methyl sites for hydroxylation is 1. The first kappa shape index (κ1) is 17.5. The topological polar surface area (TPSA) is 53.9 Å². The summed E-state index contributed by atoms with van der Waals surface area (Å²) in [6.07, 6.45) is 1.61. The van der Waals surface area contributed by atoms with Crippen molar-refractivity contribution in [2.24, 2.45) is 0 Å². The quantitative estimate of drug-likeness (QED) is 0.594. The Labute approximate surface area is 158 Å². The van der Waals surface area contributed by atoms with Crippen molar-refractivity contribution in [1.29, 1.82) is 0 Å². The normalized spacial score (nSPS) is 12.9. The standard InChI is InChI=1S/C22H24N4O/c1-5-26-20-12-17(16-8-6-15(7-9-16)14(2)25(3)4)10-11-18(20)21-19(22(26)27)13-23-24-21/h6-14H,5H2,1-4H3,(H,23,24). The SMILES string of the molecule is CCn1c(=O)c2cn[nH]c2c2ccc(-c3ccc(C(C)N(C)C)cc3)cc21. The van der Waals surface area contributed by atoms with Gasteiger partial charge in [-0.1, -0.05) is 36.4 Å². The third kappa shape index (κ3) is 2.84. The molecule has 1 N–H and O–H groups in total. The molecule has 0 aliphatic heterocycles. The number of pyridine rings is 1. The van der Waals surface area contributed by atoms with Crippen LogP contribution in [0.15, 0.2) is 53.5 Å². The van der Waals surface area contributed by atoms with E-state index in [4.69, 9.17) is 0 Å². The van der Waals surface area contributed by atoms with Crippen LogP contribution in [0.3, 0.4) is 0 Å². The van der Waals surface area contributed by atoms with Gasteiger partial charge in [-0.2, -0.15) is 5.10 Å². The van der Waals surface area contributed by atoms with Gasteiger partial charge in [0.15, 0.2) is 0 Å². The van der Waals surface area contributed by atoms with Gasteiger partial charge in [-0.05, 0) is 50.7 Å². The maximum Gasteiger partial charge on any atom is 0.262 e. The van der Waals surface area contributed by atoms with Crippen molar-refractivity contribution < 1.29 is 0 Å². The monoisotopic (exact) mass is 360 g/mol. The van der Waals surface area contributed by atoms with Gasteiger partial charge in [0.25, 0.3) is 5.56 Å². The van der Waals surface area contributed by atoms with Crippen molar-refractivity contribution >= 4 is 21.8 Å². The van der Waals surface area contributed by atoms with Crippen LogP contribution in [0.2, 0.25) is 0 Å². The van der Waals surface area contributed by atoms with E-state index in [2.05, 4.69) is 78.6 Å². The number of aromatic nitrogens is 3. The highest BCUT2D eigenvalue weighted by Crippen LogP contribution is 2.28. The van der Waals surface area contributed by atoms with Gasteiger partial charge >= 0.3 is 0 Å². The summed E-state index contributed by atoms with van der Waals surface area (Å²) in [6.45, 7) is 4.82. The number of hydrogen-bond donors (Lipinski definition) is 1. The molecular weight excluding hydrogens is 336 g/mol. The van der Waals surface area contributed by atoms with Gasteiger partial charge in [0.05, 0.1) is 22.6 Å². The molecule has 0 fully saturated rings. The summed E-state index contributed by atoms with van der Waals surface area (Å²) in [5.74, 6) is 0. The molecule has 0 aliphatic rings. The van der Waals surface area contributed by atoms with Gasteiger partial charge in [0.2, 0.25) is 0 Å². The smallest absolute Gasteiger partial charge is 0.262 e. The van der Waals surface area contributed by atoms with Gasteiger partial charge in [-0.25, -0.2) is 0 Å². The van der Waals surface area contributed by atoms with Crippen LogP contribution in [0.4, 0.5) is 0 Å². The molecule has 138 valence electrons. The molecule has 2 aromatic heterocycles. The van der Waals surface area contributed by atoms with E-state index in [0.717, 1.165) is 27.5 Å². The Morgan fingerprint density at radius 3 is 2.44 bits per heavy atom. The molecule has 0 spiro atoms. The lowest BCUT2D eigenvalue weighted by Gasteiger charge is -2.20. The molecule has 4 aromatic rings. The lowest BCUT2D eigenvalue weighted by Crippen LogP contribution is -2.19. The summed E-state index contributed by atoms with van der Waals surface area (Å²) in [5, 5.41) is 8.70. The van der Waals surface area contributed by atoms with Crippen LogP contribution in [-0.2, 0) is 6.54 Å². The molecule has 4 rings (SSSR count). The zero-order chi connectivity index (χ0) is 19.1. The summed E-state index contributed by atoms with van der Waals surface area (Å²) >= 11 is 0. The Bertz CT molecular complexity index is 1170. The second-order valence-corrected chi connectivity index (χ2v) is 7.20. The molecule has 1 atom stereocenters. The number of H-pyrrole nitrogens is 1. The van der Waals surface area contributed by atoms with E-state index in [9.17, 15) is 4.79 Å². The molecule has 5 heteroatoms. The van der Waals surface area contributed by atoms with Crippen LogP contribution in [-0.4, -0.2) is 33.8 Å². The van der Waals surface area contributed by atoms with Crippen molar-refractivity contribution in [3.63, 3.8) is 0 Å². The molecule has 0 saturated carbocycles. The van der Waals surface area contributed by atoms with Crippen LogP contribution in [0.1, 0.15) is 25.5 Å². The van der Waals surface area contributed by atoms with Gasteiger partial charge in [-0.3, -0.25) is 9.89 Å². The Balaban J connectivity index is 1.86. The highest BCUT2D eigenvalue weighted by molar-refractivity contribution is 6.04. The molecule has 1 unspecified atom stereocenters. The molecule has 0 amide bonds. The Kier molecular flexibility index (Phi) is 4.32. The zero-order valence-corrected chi connectivity index (χ0v) is 16.2. The number of nitrogens with zero attached hydrogens (tertiary/aromatic N) is 3. The molecule has 2 heterocycles. The van der Waals surface area contributed by atoms with E-state index < -0.39 is 0 Å². The Morgan fingerprint density at radius 2 is 1.78 bits per heavy atom. The van der Waals surface area contributed by atoms with Crippen molar-refractivity contribution in [2.45, 2.75) is 26.4 Å². The van der Waals surface area contributed by atoms with Crippen molar-refractivity contribution in [3.8, 4) is 11.1 Å². The first-order valence-electron chi connectivity index (χ1n) is 9.27. The molecule has 5 nitrogen and oxygen atoms in total. The van der Waals surface area contributed by atoms with E-state index >= 15 is 0 Å². The summed E-state index contributed by atoms with van der Waals surface area (Å²) in [4.78, 5) is 15.0. The van der Waals surface area contributed by atoms with Gasteiger partial charge in [-0.15, -0.1) is 0 Å². The minimum atomic E-state index is 0.000978. The first-order chi connectivity index (χ1) is 13.0. The van der Waals surface area contributed by atoms with Crippen LogP contribution < -0.4 is 5.56 Å². The highest BCUT2D eigenvalue weighted by Gasteiger charge is 2.13. The van der Waals surface area contributed by atoms with E-state index in [1.807, 2.05) is 11.5 Å². The lowest BCUT2D eigenvalue weighted by atomic mass is 9.99. The minimum absolute atomic E-state index is 0.000978. The average Bonchev–Trinajstić information content (AvgIpc) is 3.18. The van der Waals surface area contributed by atoms with E-state index in [-0.39, 0.29) is 5.56 Å². The summed E-state index contributed by atoms with van der Waals surface area (Å²) in [7, 11) is 4.17. The fourth-order valence-corrected chi connectivity index (χ4v) is 3.62. The third-order valence-corrected chi connectivity index (χ3v) is 5.49. The highest BCUT2D eigenvalue weighted by atomic mass is 16.1. The van der Waals surface area contributed by atoms with E-state index in [1.54, 1.807) is 6.20 Å². The van der Waals surface area contributed by atoms with Crippen molar-refractivity contribution in [3.05, 3.63) is 64.6 Å². The average molecular weight is 360 g/mol. The predicted molar refractivity (Wildman–Crippen MR) is 111 cm³/mol. The number of nitrogens with one attached hydrogen (secondary N) is 1. The zero-order valence-electron chi connectivity index (χ0n) is 16.2. The van der Waals surface area contributed by atoms with Gasteiger partial charge in [0.1, 0.15) is 0 Å². The third-order valence-electron chi connectivity index (χ3n) is 5.49. The maximum absolute atomic E-state index is 12.8. The predicted octanol–water partition coefficient (Wildman–Crippen LogP) is 4.19. The molecule has 0 radical (unpaired) electrons. The Morgan fingerprint density at radius 1 is 1.07 bits per heavy atom. The number of benzene rings is 2.